The smallest absolute Gasteiger partial charge is 0.387 e. The Kier molecular flexibility index (Phi) is 6.26. The lowest BCUT2D eigenvalue weighted by Crippen LogP contribution is -2.43. The van der Waals surface area contributed by atoms with Gasteiger partial charge in [-0.05, 0) is 31.0 Å². The van der Waals surface area contributed by atoms with Crippen LogP contribution in [0.5, 0.6) is 5.75 Å². The molecule has 0 spiro atoms. The van der Waals surface area contributed by atoms with E-state index in [1.54, 1.807) is 0 Å². The number of hydrogen-bond acceptors (Lipinski definition) is 5. The van der Waals surface area contributed by atoms with Gasteiger partial charge in [-0.2, -0.15) is 8.78 Å². The second kappa shape index (κ2) is 8.41. The van der Waals surface area contributed by atoms with Gasteiger partial charge < -0.3 is 20.1 Å². The van der Waals surface area contributed by atoms with Crippen molar-refractivity contribution in [3.63, 3.8) is 0 Å². The molecule has 1 aromatic rings. The summed E-state index contributed by atoms with van der Waals surface area (Å²) in [4.78, 5) is 36.5. The van der Waals surface area contributed by atoms with E-state index < -0.39 is 25.1 Å². The standard InChI is InChI=1S/C16H18F2N2O5/c17-16(18)25-12-3-1-2-11(8-12)15(23)24-9-13(21)20-6-4-10(5-7-20)14(19)22/h1-3,8,10,16H,4-7,9H2,(H2,19,22). The lowest BCUT2D eigenvalue weighted by atomic mass is 9.96. The molecule has 1 heterocycles. The number of primary amides is 1. The van der Waals surface area contributed by atoms with Crippen molar-refractivity contribution < 1.29 is 32.6 Å². The first kappa shape index (κ1) is 18.6. The van der Waals surface area contributed by atoms with Gasteiger partial charge in [-0.1, -0.05) is 6.07 Å². The van der Waals surface area contributed by atoms with Gasteiger partial charge in [-0.15, -0.1) is 0 Å². The summed E-state index contributed by atoms with van der Waals surface area (Å²) in [5, 5.41) is 0. The molecule has 1 aromatic carbocycles. The highest BCUT2D eigenvalue weighted by atomic mass is 19.3. The molecule has 0 bridgehead atoms. The molecule has 136 valence electrons. The summed E-state index contributed by atoms with van der Waals surface area (Å²) < 4.78 is 33.5. The maximum absolute atomic E-state index is 12.2. The van der Waals surface area contributed by atoms with Crippen LogP contribution in [0.3, 0.4) is 0 Å². The molecule has 2 rings (SSSR count). The van der Waals surface area contributed by atoms with Crippen LogP contribution in [0.15, 0.2) is 24.3 Å². The third-order valence-electron chi connectivity index (χ3n) is 3.87. The monoisotopic (exact) mass is 356 g/mol. The molecule has 7 nitrogen and oxygen atoms in total. The zero-order valence-corrected chi connectivity index (χ0v) is 13.3. The lowest BCUT2D eigenvalue weighted by molar-refractivity contribution is -0.137. The number of amides is 2. The van der Waals surface area contributed by atoms with Crippen molar-refractivity contribution in [2.45, 2.75) is 19.5 Å². The van der Waals surface area contributed by atoms with Gasteiger partial charge in [0.15, 0.2) is 6.61 Å². The molecule has 0 aliphatic carbocycles. The minimum atomic E-state index is -3.00. The molecule has 1 aliphatic rings. The van der Waals surface area contributed by atoms with Gasteiger partial charge in [0.2, 0.25) is 5.91 Å². The van der Waals surface area contributed by atoms with E-state index in [1.165, 1.54) is 23.1 Å². The number of carbonyl (C=O) groups excluding carboxylic acids is 3. The van der Waals surface area contributed by atoms with Crippen molar-refractivity contribution in [1.82, 2.24) is 4.90 Å². The zero-order chi connectivity index (χ0) is 18.4. The molecular formula is C16H18F2N2O5. The number of hydrogen-bond donors (Lipinski definition) is 1. The molecule has 0 radical (unpaired) electrons. The summed E-state index contributed by atoms with van der Waals surface area (Å²) >= 11 is 0. The molecule has 0 saturated carbocycles. The molecule has 25 heavy (non-hydrogen) atoms. The Hall–Kier alpha value is -2.71. The summed E-state index contributed by atoms with van der Waals surface area (Å²) in [6, 6.07) is 5.11. The molecule has 0 atom stereocenters. The van der Waals surface area contributed by atoms with Gasteiger partial charge in [0.25, 0.3) is 5.91 Å². The Morgan fingerprint density at radius 1 is 1.24 bits per heavy atom. The first-order valence-electron chi connectivity index (χ1n) is 7.66. The van der Waals surface area contributed by atoms with E-state index in [0.29, 0.717) is 25.9 Å². The first-order chi connectivity index (χ1) is 11.9. The molecule has 2 amide bonds. The van der Waals surface area contributed by atoms with Crippen LogP contribution >= 0.6 is 0 Å². The second-order valence-electron chi connectivity index (χ2n) is 5.54. The number of ether oxygens (including phenoxy) is 2. The molecule has 9 heteroatoms. The van der Waals surface area contributed by atoms with E-state index in [0.717, 1.165) is 6.07 Å². The van der Waals surface area contributed by atoms with Crippen LogP contribution in [0.1, 0.15) is 23.2 Å². The molecular weight excluding hydrogens is 338 g/mol. The third kappa shape index (κ3) is 5.40. The maximum Gasteiger partial charge on any atom is 0.387 e. The molecule has 1 aliphatic heterocycles. The fourth-order valence-corrected chi connectivity index (χ4v) is 2.51. The third-order valence-corrected chi connectivity index (χ3v) is 3.87. The maximum atomic E-state index is 12.2. The highest BCUT2D eigenvalue weighted by Gasteiger charge is 2.26. The van der Waals surface area contributed by atoms with Crippen LogP contribution in [0.25, 0.3) is 0 Å². The summed E-state index contributed by atoms with van der Waals surface area (Å²) in [7, 11) is 0. The number of carbonyl (C=O) groups is 3. The van der Waals surface area contributed by atoms with Crippen molar-refractivity contribution in [2.75, 3.05) is 19.7 Å². The highest BCUT2D eigenvalue weighted by molar-refractivity contribution is 5.91. The number of halogens is 2. The zero-order valence-electron chi connectivity index (χ0n) is 13.3. The van der Waals surface area contributed by atoms with Gasteiger partial charge in [-0.3, -0.25) is 9.59 Å². The normalized spacial score (nSPS) is 15.1. The lowest BCUT2D eigenvalue weighted by Gasteiger charge is -2.30. The largest absolute Gasteiger partial charge is 0.452 e. The summed E-state index contributed by atoms with van der Waals surface area (Å²) in [5.74, 6) is -2.02. The Morgan fingerprint density at radius 2 is 1.92 bits per heavy atom. The van der Waals surface area contributed by atoms with Crippen LogP contribution in [0.2, 0.25) is 0 Å². The van der Waals surface area contributed by atoms with Crippen LogP contribution in [-0.2, 0) is 14.3 Å². The highest BCUT2D eigenvalue weighted by Crippen LogP contribution is 2.18. The number of esters is 1. The molecule has 0 unspecified atom stereocenters. The Bertz CT molecular complexity index is 645. The van der Waals surface area contributed by atoms with E-state index in [4.69, 9.17) is 10.5 Å². The number of nitrogens with two attached hydrogens (primary N) is 1. The first-order valence-corrected chi connectivity index (χ1v) is 7.66. The van der Waals surface area contributed by atoms with Crippen LogP contribution < -0.4 is 10.5 Å². The predicted molar refractivity (Wildman–Crippen MR) is 81.9 cm³/mol. The number of benzene rings is 1. The average Bonchev–Trinajstić information content (AvgIpc) is 2.59. The van der Waals surface area contributed by atoms with E-state index in [-0.39, 0.29) is 23.1 Å². The van der Waals surface area contributed by atoms with E-state index >= 15 is 0 Å². The number of alkyl halides is 2. The fourth-order valence-electron chi connectivity index (χ4n) is 2.51. The topological polar surface area (TPSA) is 98.9 Å². The quantitative estimate of drug-likeness (QED) is 0.772. The van der Waals surface area contributed by atoms with Gasteiger partial charge in [0.05, 0.1) is 5.56 Å². The number of likely N-dealkylation sites (tertiary alicyclic amines) is 1. The molecule has 1 saturated heterocycles. The molecule has 2 N–H and O–H groups in total. The van der Waals surface area contributed by atoms with Gasteiger partial charge in [0.1, 0.15) is 5.75 Å². The SMILES string of the molecule is NC(=O)C1CCN(C(=O)COC(=O)c2cccc(OC(F)F)c2)CC1. The van der Waals surface area contributed by atoms with Crippen molar-refractivity contribution in [1.29, 1.82) is 0 Å². The van der Waals surface area contributed by atoms with Gasteiger partial charge in [-0.25, -0.2) is 4.79 Å². The summed E-state index contributed by atoms with van der Waals surface area (Å²) in [6.45, 7) is -2.75. The minimum Gasteiger partial charge on any atom is -0.452 e. The van der Waals surface area contributed by atoms with Crippen LogP contribution in [-0.4, -0.2) is 49.0 Å². The second-order valence-corrected chi connectivity index (χ2v) is 5.54. The Labute approximate surface area is 142 Å². The number of piperidine rings is 1. The number of rotatable bonds is 6. The summed E-state index contributed by atoms with van der Waals surface area (Å²) in [6.07, 6.45) is 0.948. The van der Waals surface area contributed by atoms with E-state index in [1.807, 2.05) is 0 Å². The van der Waals surface area contributed by atoms with Gasteiger partial charge >= 0.3 is 12.6 Å². The van der Waals surface area contributed by atoms with Crippen LogP contribution in [0.4, 0.5) is 8.78 Å². The van der Waals surface area contributed by atoms with Crippen molar-refractivity contribution >= 4 is 17.8 Å². The van der Waals surface area contributed by atoms with E-state index in [9.17, 15) is 23.2 Å². The van der Waals surface area contributed by atoms with E-state index in [2.05, 4.69) is 4.74 Å². The average molecular weight is 356 g/mol. The predicted octanol–water partition coefficient (Wildman–Crippen LogP) is 1.17. The summed E-state index contributed by atoms with van der Waals surface area (Å²) in [5.41, 5.74) is 5.22. The van der Waals surface area contributed by atoms with Crippen molar-refractivity contribution in [3.8, 4) is 5.75 Å². The van der Waals surface area contributed by atoms with Crippen molar-refractivity contribution in [3.05, 3.63) is 29.8 Å². The minimum absolute atomic E-state index is 0.00149. The fraction of sp³-hybridized carbons (Fsp3) is 0.438. The van der Waals surface area contributed by atoms with Crippen molar-refractivity contribution in [2.24, 2.45) is 11.7 Å². The van der Waals surface area contributed by atoms with Gasteiger partial charge in [0, 0.05) is 19.0 Å². The molecule has 0 aromatic heterocycles. The molecule has 1 fully saturated rings. The Morgan fingerprint density at radius 3 is 2.52 bits per heavy atom. The van der Waals surface area contributed by atoms with Crippen LogP contribution in [0, 0.1) is 5.92 Å². The Balaban J connectivity index is 1.83. The number of nitrogens with zero attached hydrogens (tertiary/aromatic N) is 1.